The van der Waals surface area contributed by atoms with Crippen LogP contribution in [-0.4, -0.2) is 48.4 Å². The smallest absolute Gasteiger partial charge is 0.241 e. The Morgan fingerprint density at radius 1 is 1.64 bits per heavy atom. The molecule has 2 rings (SSSR count). The number of amides is 1. The number of hydrogen-bond acceptors (Lipinski definition) is 4. The number of likely N-dealkylation sites (N-methyl/N-ethyl adjacent to an activating group) is 1. The first-order valence-electron chi connectivity index (χ1n) is 4.88. The summed E-state index contributed by atoms with van der Waals surface area (Å²) in [4.78, 5) is 24.8. The SMILES string of the molecule is CNC1CC2NCC(C(C)=O)N2C1=O. The van der Waals surface area contributed by atoms with E-state index in [0.29, 0.717) is 6.54 Å². The lowest BCUT2D eigenvalue weighted by molar-refractivity contribution is -0.136. The van der Waals surface area contributed by atoms with Crippen LogP contribution in [0.25, 0.3) is 0 Å². The van der Waals surface area contributed by atoms with Crippen molar-refractivity contribution in [1.29, 1.82) is 0 Å². The summed E-state index contributed by atoms with van der Waals surface area (Å²) in [6.07, 6.45) is 0.799. The van der Waals surface area contributed by atoms with Crippen molar-refractivity contribution >= 4 is 11.7 Å². The Labute approximate surface area is 82.8 Å². The lowest BCUT2D eigenvalue weighted by Gasteiger charge is -2.20. The summed E-state index contributed by atoms with van der Waals surface area (Å²) in [6, 6.07) is -0.388. The van der Waals surface area contributed by atoms with Gasteiger partial charge in [-0.05, 0) is 14.0 Å². The number of rotatable bonds is 2. The second-order valence-electron chi connectivity index (χ2n) is 3.87. The predicted molar refractivity (Wildman–Crippen MR) is 50.6 cm³/mol. The quantitative estimate of drug-likeness (QED) is 0.577. The van der Waals surface area contributed by atoms with Crippen LogP contribution in [0.1, 0.15) is 13.3 Å². The molecule has 2 saturated heterocycles. The predicted octanol–water partition coefficient (Wildman–Crippen LogP) is -1.31. The monoisotopic (exact) mass is 197 g/mol. The zero-order valence-electron chi connectivity index (χ0n) is 8.41. The van der Waals surface area contributed by atoms with E-state index in [4.69, 9.17) is 0 Å². The maximum atomic E-state index is 11.8. The van der Waals surface area contributed by atoms with Gasteiger partial charge in [0.05, 0.1) is 12.2 Å². The highest BCUT2D eigenvalue weighted by Gasteiger charge is 2.47. The van der Waals surface area contributed by atoms with E-state index in [9.17, 15) is 9.59 Å². The van der Waals surface area contributed by atoms with Gasteiger partial charge in [-0.15, -0.1) is 0 Å². The Morgan fingerprint density at radius 3 is 2.93 bits per heavy atom. The molecule has 0 spiro atoms. The van der Waals surface area contributed by atoms with Crippen molar-refractivity contribution in [2.45, 2.75) is 31.6 Å². The number of nitrogens with one attached hydrogen (secondary N) is 2. The van der Waals surface area contributed by atoms with Gasteiger partial charge < -0.3 is 10.2 Å². The van der Waals surface area contributed by atoms with E-state index in [1.807, 2.05) is 0 Å². The molecule has 78 valence electrons. The summed E-state index contributed by atoms with van der Waals surface area (Å²) >= 11 is 0. The third kappa shape index (κ3) is 1.24. The molecule has 0 aromatic carbocycles. The molecule has 3 unspecified atom stereocenters. The number of fused-ring (bicyclic) bond motifs is 1. The topological polar surface area (TPSA) is 61.4 Å². The van der Waals surface area contributed by atoms with E-state index in [-0.39, 0.29) is 29.9 Å². The van der Waals surface area contributed by atoms with Gasteiger partial charge in [0.2, 0.25) is 5.91 Å². The van der Waals surface area contributed by atoms with Gasteiger partial charge in [0.25, 0.3) is 0 Å². The Kier molecular flexibility index (Phi) is 2.28. The molecule has 5 nitrogen and oxygen atoms in total. The molecule has 0 radical (unpaired) electrons. The molecular formula is C9H15N3O2. The Bertz CT molecular complexity index is 279. The second-order valence-corrected chi connectivity index (χ2v) is 3.87. The first-order chi connectivity index (χ1) is 6.65. The first kappa shape index (κ1) is 9.61. The van der Waals surface area contributed by atoms with Gasteiger partial charge in [-0.2, -0.15) is 0 Å². The number of carbonyl (C=O) groups excluding carboxylic acids is 2. The highest BCUT2D eigenvalue weighted by Crippen LogP contribution is 2.24. The molecule has 0 aliphatic carbocycles. The van der Waals surface area contributed by atoms with Crippen molar-refractivity contribution in [3.63, 3.8) is 0 Å². The van der Waals surface area contributed by atoms with Crippen molar-refractivity contribution in [3.8, 4) is 0 Å². The maximum Gasteiger partial charge on any atom is 0.241 e. The zero-order valence-corrected chi connectivity index (χ0v) is 8.41. The summed E-state index contributed by atoms with van der Waals surface area (Å²) in [6.45, 7) is 2.14. The number of carbonyl (C=O) groups is 2. The molecule has 2 fully saturated rings. The fraction of sp³-hybridized carbons (Fsp3) is 0.778. The average molecular weight is 197 g/mol. The molecule has 2 heterocycles. The molecule has 14 heavy (non-hydrogen) atoms. The van der Waals surface area contributed by atoms with Crippen LogP contribution in [0.3, 0.4) is 0 Å². The molecule has 1 amide bonds. The maximum absolute atomic E-state index is 11.8. The molecule has 2 N–H and O–H groups in total. The second kappa shape index (κ2) is 3.33. The minimum atomic E-state index is -0.258. The van der Waals surface area contributed by atoms with Crippen LogP contribution in [0.4, 0.5) is 0 Å². The van der Waals surface area contributed by atoms with Crippen molar-refractivity contribution in [1.82, 2.24) is 15.5 Å². The van der Waals surface area contributed by atoms with Gasteiger partial charge in [0.1, 0.15) is 6.04 Å². The Balaban J connectivity index is 2.17. The summed E-state index contributed by atoms with van der Waals surface area (Å²) in [7, 11) is 1.77. The molecule has 3 atom stereocenters. The molecule has 2 aliphatic rings. The van der Waals surface area contributed by atoms with Crippen LogP contribution in [0.5, 0.6) is 0 Å². The van der Waals surface area contributed by atoms with Gasteiger partial charge in [-0.25, -0.2) is 0 Å². The standard InChI is InChI=1S/C9H15N3O2/c1-5(13)7-4-11-8-3-6(10-2)9(14)12(7)8/h6-8,10-11H,3-4H2,1-2H3. The van der Waals surface area contributed by atoms with Gasteiger partial charge >= 0.3 is 0 Å². The Hall–Kier alpha value is -0.940. The first-order valence-corrected chi connectivity index (χ1v) is 4.88. The third-order valence-corrected chi connectivity index (χ3v) is 3.05. The highest BCUT2D eigenvalue weighted by molar-refractivity contribution is 5.92. The molecule has 5 heteroatoms. The minimum Gasteiger partial charge on any atom is -0.314 e. The summed E-state index contributed by atoms with van der Waals surface area (Å²) in [5, 5.41) is 6.15. The fourth-order valence-electron chi connectivity index (χ4n) is 2.25. The molecule has 2 aliphatic heterocycles. The van der Waals surface area contributed by atoms with E-state index in [1.165, 1.54) is 6.92 Å². The van der Waals surface area contributed by atoms with Crippen LogP contribution < -0.4 is 10.6 Å². The third-order valence-electron chi connectivity index (χ3n) is 3.05. The fourth-order valence-corrected chi connectivity index (χ4v) is 2.25. The lowest BCUT2D eigenvalue weighted by Crippen LogP contribution is -2.44. The average Bonchev–Trinajstić information content (AvgIpc) is 2.66. The van der Waals surface area contributed by atoms with Crippen LogP contribution in [0.2, 0.25) is 0 Å². The van der Waals surface area contributed by atoms with Crippen LogP contribution >= 0.6 is 0 Å². The number of ketones is 1. The van der Waals surface area contributed by atoms with Crippen molar-refractivity contribution < 1.29 is 9.59 Å². The normalized spacial score (nSPS) is 36.3. The number of nitrogens with zero attached hydrogens (tertiary/aromatic N) is 1. The van der Waals surface area contributed by atoms with Crippen molar-refractivity contribution in [3.05, 3.63) is 0 Å². The summed E-state index contributed by atoms with van der Waals surface area (Å²) < 4.78 is 0. The summed E-state index contributed by atoms with van der Waals surface area (Å²) in [5.41, 5.74) is 0. The largest absolute Gasteiger partial charge is 0.314 e. The van der Waals surface area contributed by atoms with Gasteiger partial charge in [-0.3, -0.25) is 14.9 Å². The highest BCUT2D eigenvalue weighted by atomic mass is 16.2. The van der Waals surface area contributed by atoms with Gasteiger partial charge in [0, 0.05) is 13.0 Å². The van der Waals surface area contributed by atoms with Gasteiger partial charge in [0.15, 0.2) is 5.78 Å². The van der Waals surface area contributed by atoms with E-state index in [2.05, 4.69) is 10.6 Å². The van der Waals surface area contributed by atoms with E-state index < -0.39 is 0 Å². The van der Waals surface area contributed by atoms with Crippen molar-refractivity contribution in [2.75, 3.05) is 13.6 Å². The number of Topliss-reactive ketones (excluding diaryl/α,β-unsaturated/α-hetero) is 1. The molecule has 0 bridgehead atoms. The van der Waals surface area contributed by atoms with Crippen molar-refractivity contribution in [2.24, 2.45) is 0 Å². The molecule has 0 saturated carbocycles. The molecule has 0 aromatic heterocycles. The zero-order chi connectivity index (χ0) is 10.3. The van der Waals surface area contributed by atoms with E-state index in [1.54, 1.807) is 11.9 Å². The van der Waals surface area contributed by atoms with E-state index in [0.717, 1.165) is 6.42 Å². The Morgan fingerprint density at radius 2 is 2.36 bits per heavy atom. The lowest BCUT2D eigenvalue weighted by atomic mass is 10.2. The molecule has 0 aromatic rings. The van der Waals surface area contributed by atoms with E-state index >= 15 is 0 Å². The number of hydrogen-bond donors (Lipinski definition) is 2. The van der Waals surface area contributed by atoms with Crippen LogP contribution in [0, 0.1) is 0 Å². The van der Waals surface area contributed by atoms with Crippen LogP contribution in [0.15, 0.2) is 0 Å². The molecular weight excluding hydrogens is 182 g/mol. The van der Waals surface area contributed by atoms with Crippen LogP contribution in [-0.2, 0) is 9.59 Å². The van der Waals surface area contributed by atoms with Gasteiger partial charge in [-0.1, -0.05) is 0 Å². The minimum absolute atomic E-state index is 0.0442. The summed E-state index contributed by atoms with van der Waals surface area (Å²) in [5.74, 6) is 0.104.